The van der Waals surface area contributed by atoms with Crippen LogP contribution >= 0.6 is 11.8 Å². The van der Waals surface area contributed by atoms with Gasteiger partial charge in [0.15, 0.2) is 0 Å². The maximum absolute atomic E-state index is 13.4. The number of β-lactam (4-membered cyclic amide) rings is 1. The number of phenolic OH excluding ortho intramolecular Hbond substituents is 2. The summed E-state index contributed by atoms with van der Waals surface area (Å²) in [5.74, 6) is 0.120. The number of aliphatic hydroxyl groups is 1. The average Bonchev–Trinajstić information content (AvgIpc) is 2.89. The molecular formula is C32H33NO4S. The predicted molar refractivity (Wildman–Crippen MR) is 156 cm³/mol. The highest BCUT2D eigenvalue weighted by Crippen LogP contribution is 2.48. The molecule has 3 N–H and O–H groups in total. The average molecular weight is 528 g/mol. The van der Waals surface area contributed by atoms with E-state index in [-0.39, 0.29) is 17.4 Å². The molecule has 4 rings (SSSR count). The summed E-state index contributed by atoms with van der Waals surface area (Å²) in [5.41, 5.74) is 6.18. The van der Waals surface area contributed by atoms with Gasteiger partial charge in [-0.2, -0.15) is 0 Å². The topological polar surface area (TPSA) is 81.0 Å². The van der Waals surface area contributed by atoms with Crippen molar-refractivity contribution in [1.29, 1.82) is 0 Å². The van der Waals surface area contributed by atoms with Crippen LogP contribution in [0.2, 0.25) is 0 Å². The van der Waals surface area contributed by atoms with Crippen molar-refractivity contribution in [2.45, 2.75) is 38.2 Å². The SMILES string of the molecule is C=C(C)/C=C\C(=C/C)c1ccc(N2C(=O)[C@H](SCC(O)c3ccc(C)cc3)C2c2ccc(O)cc2O)cc1. The lowest BCUT2D eigenvalue weighted by atomic mass is 9.91. The summed E-state index contributed by atoms with van der Waals surface area (Å²) in [6.07, 6.45) is 5.27. The van der Waals surface area contributed by atoms with Gasteiger partial charge in [-0.25, -0.2) is 0 Å². The molecule has 2 unspecified atom stereocenters. The number of carbonyl (C=O) groups excluding carboxylic acids is 1. The van der Waals surface area contributed by atoms with Crippen LogP contribution in [0.15, 0.2) is 97.1 Å². The van der Waals surface area contributed by atoms with Crippen molar-refractivity contribution >= 4 is 28.9 Å². The van der Waals surface area contributed by atoms with Crippen LogP contribution in [-0.2, 0) is 4.79 Å². The number of aliphatic hydroxyl groups excluding tert-OH is 1. The van der Waals surface area contributed by atoms with Gasteiger partial charge in [0.25, 0.3) is 0 Å². The molecule has 1 fully saturated rings. The third-order valence-electron chi connectivity index (χ3n) is 6.61. The molecule has 0 radical (unpaired) electrons. The van der Waals surface area contributed by atoms with Gasteiger partial charge in [0.2, 0.25) is 5.91 Å². The normalized spacial score (nSPS) is 18.5. The molecule has 6 heteroatoms. The standard InChI is InChI=1S/C32H33NO4S/c1-5-22(9-6-20(2)3)23-12-14-25(15-13-23)33-30(27-17-16-26(34)18-28(27)35)31(32(33)37)38-19-29(36)24-10-7-21(4)8-11-24/h5-18,29-31,34-36H,2,19H2,1,3-4H3/b9-6-,22-5+/t29?,30?,31-/m1/s1. The van der Waals surface area contributed by atoms with Crippen LogP contribution in [-0.4, -0.2) is 32.2 Å². The molecule has 38 heavy (non-hydrogen) atoms. The number of hydrogen-bond acceptors (Lipinski definition) is 5. The lowest BCUT2D eigenvalue weighted by Crippen LogP contribution is -2.57. The van der Waals surface area contributed by atoms with Gasteiger partial charge in [-0.15, -0.1) is 11.8 Å². The maximum Gasteiger partial charge on any atom is 0.243 e. The number of aryl methyl sites for hydroxylation is 1. The van der Waals surface area contributed by atoms with Crippen molar-refractivity contribution in [2.24, 2.45) is 0 Å². The lowest BCUT2D eigenvalue weighted by Gasteiger charge is -2.47. The Morgan fingerprint density at radius 2 is 1.74 bits per heavy atom. The van der Waals surface area contributed by atoms with Crippen molar-refractivity contribution in [3.8, 4) is 11.5 Å². The van der Waals surface area contributed by atoms with E-state index < -0.39 is 17.4 Å². The highest BCUT2D eigenvalue weighted by atomic mass is 32.2. The third-order valence-corrected chi connectivity index (χ3v) is 7.94. The summed E-state index contributed by atoms with van der Waals surface area (Å²) >= 11 is 1.37. The Balaban J connectivity index is 1.59. The van der Waals surface area contributed by atoms with E-state index in [9.17, 15) is 20.1 Å². The molecule has 0 aromatic heterocycles. The van der Waals surface area contributed by atoms with E-state index in [4.69, 9.17) is 0 Å². The number of aromatic hydroxyl groups is 2. The molecule has 1 amide bonds. The van der Waals surface area contributed by atoms with Crippen molar-refractivity contribution in [1.82, 2.24) is 0 Å². The quantitative estimate of drug-likeness (QED) is 0.209. The summed E-state index contributed by atoms with van der Waals surface area (Å²) in [6.45, 7) is 9.82. The first-order chi connectivity index (χ1) is 18.2. The fourth-order valence-corrected chi connectivity index (χ4v) is 5.77. The first-order valence-electron chi connectivity index (χ1n) is 12.5. The van der Waals surface area contributed by atoms with E-state index in [1.807, 2.05) is 87.5 Å². The summed E-state index contributed by atoms with van der Waals surface area (Å²) in [5, 5.41) is 30.7. The number of anilines is 1. The molecule has 0 saturated carbocycles. The zero-order chi connectivity index (χ0) is 27.4. The van der Waals surface area contributed by atoms with E-state index in [0.29, 0.717) is 17.0 Å². The number of amides is 1. The Kier molecular flexibility index (Phi) is 8.45. The van der Waals surface area contributed by atoms with Crippen LogP contribution in [0.1, 0.15) is 48.2 Å². The van der Waals surface area contributed by atoms with Crippen molar-refractivity contribution in [3.05, 3.63) is 119 Å². The monoisotopic (exact) mass is 527 g/mol. The van der Waals surface area contributed by atoms with E-state index in [1.165, 1.54) is 23.9 Å². The number of carbonyl (C=O) groups is 1. The molecule has 1 heterocycles. The molecule has 196 valence electrons. The Hall–Kier alpha value is -3.74. The number of hydrogen-bond donors (Lipinski definition) is 3. The minimum atomic E-state index is -0.720. The summed E-state index contributed by atoms with van der Waals surface area (Å²) < 4.78 is 0. The van der Waals surface area contributed by atoms with E-state index in [2.05, 4.69) is 6.58 Å². The molecule has 1 aliphatic heterocycles. The number of nitrogens with zero attached hydrogens (tertiary/aromatic N) is 1. The van der Waals surface area contributed by atoms with Gasteiger partial charge in [0, 0.05) is 23.1 Å². The van der Waals surface area contributed by atoms with Crippen LogP contribution in [0.3, 0.4) is 0 Å². The molecule has 3 aromatic rings. The fourth-order valence-electron chi connectivity index (χ4n) is 4.48. The smallest absolute Gasteiger partial charge is 0.243 e. The second-order valence-electron chi connectivity index (χ2n) is 9.55. The molecule has 0 spiro atoms. The fraction of sp³-hybridized carbons (Fsp3) is 0.219. The van der Waals surface area contributed by atoms with Crippen LogP contribution in [0.4, 0.5) is 5.69 Å². The van der Waals surface area contributed by atoms with Gasteiger partial charge in [0.05, 0.1) is 12.1 Å². The number of thioether (sulfide) groups is 1. The second kappa shape index (κ2) is 11.8. The zero-order valence-electron chi connectivity index (χ0n) is 21.8. The molecule has 1 aliphatic rings. The molecule has 3 aromatic carbocycles. The van der Waals surface area contributed by atoms with Crippen molar-refractivity contribution in [3.63, 3.8) is 0 Å². The van der Waals surface area contributed by atoms with Crippen molar-refractivity contribution in [2.75, 3.05) is 10.7 Å². The van der Waals surface area contributed by atoms with Crippen LogP contribution in [0.25, 0.3) is 5.57 Å². The van der Waals surface area contributed by atoms with Gasteiger partial charge in [-0.3, -0.25) is 4.79 Å². The van der Waals surface area contributed by atoms with Gasteiger partial charge >= 0.3 is 0 Å². The Bertz CT molecular complexity index is 1380. The Labute approximate surface area is 228 Å². The van der Waals surface area contributed by atoms with E-state index in [1.54, 1.807) is 11.0 Å². The molecule has 5 nitrogen and oxygen atoms in total. The molecule has 1 saturated heterocycles. The number of allylic oxidation sites excluding steroid dienone is 5. The summed E-state index contributed by atoms with van der Waals surface area (Å²) in [4.78, 5) is 15.1. The second-order valence-corrected chi connectivity index (χ2v) is 10.7. The third kappa shape index (κ3) is 5.87. The van der Waals surface area contributed by atoms with Gasteiger partial charge in [-0.05, 0) is 61.7 Å². The molecule has 0 bridgehead atoms. The van der Waals surface area contributed by atoms with Gasteiger partial charge in [-0.1, -0.05) is 72.3 Å². The van der Waals surface area contributed by atoms with Gasteiger partial charge in [0.1, 0.15) is 16.7 Å². The summed E-state index contributed by atoms with van der Waals surface area (Å²) in [6, 6.07) is 19.4. The molecule has 3 atom stereocenters. The lowest BCUT2D eigenvalue weighted by molar-refractivity contribution is -0.123. The van der Waals surface area contributed by atoms with E-state index >= 15 is 0 Å². The van der Waals surface area contributed by atoms with Gasteiger partial charge < -0.3 is 20.2 Å². The summed E-state index contributed by atoms with van der Waals surface area (Å²) in [7, 11) is 0. The maximum atomic E-state index is 13.4. The number of phenols is 2. The first kappa shape index (κ1) is 27.3. The minimum Gasteiger partial charge on any atom is -0.508 e. The molecular weight excluding hydrogens is 494 g/mol. The van der Waals surface area contributed by atoms with E-state index in [0.717, 1.165) is 27.8 Å². The van der Waals surface area contributed by atoms with Crippen LogP contribution < -0.4 is 4.90 Å². The number of rotatable bonds is 9. The zero-order valence-corrected chi connectivity index (χ0v) is 22.7. The Morgan fingerprint density at radius 1 is 1.05 bits per heavy atom. The van der Waals surface area contributed by atoms with Crippen LogP contribution in [0.5, 0.6) is 11.5 Å². The number of benzene rings is 3. The molecule has 0 aliphatic carbocycles. The van der Waals surface area contributed by atoms with Crippen molar-refractivity contribution < 1.29 is 20.1 Å². The Morgan fingerprint density at radius 3 is 2.34 bits per heavy atom. The predicted octanol–water partition coefficient (Wildman–Crippen LogP) is 6.87. The first-order valence-corrected chi connectivity index (χ1v) is 13.6. The highest BCUT2D eigenvalue weighted by molar-refractivity contribution is 8.00. The van der Waals surface area contributed by atoms with Crippen LogP contribution in [0, 0.1) is 6.92 Å². The largest absolute Gasteiger partial charge is 0.508 e. The minimum absolute atomic E-state index is 0.0477. The highest BCUT2D eigenvalue weighted by Gasteiger charge is 2.50.